The number of carboxylic acid groups (broad SMARTS) is 1. The molecule has 2 atom stereocenters. The van der Waals surface area contributed by atoms with Gasteiger partial charge in [-0.3, -0.25) is 0 Å². The van der Waals surface area contributed by atoms with Crippen LogP contribution in [0, 0.1) is 6.92 Å². The first-order valence-corrected chi connectivity index (χ1v) is 6.83. The highest BCUT2D eigenvalue weighted by Crippen LogP contribution is 2.29. The van der Waals surface area contributed by atoms with Crippen LogP contribution in [0.4, 0.5) is 10.5 Å². The van der Waals surface area contributed by atoms with Crippen LogP contribution in [-0.2, 0) is 4.79 Å². The summed E-state index contributed by atoms with van der Waals surface area (Å²) in [7, 11) is 0. The van der Waals surface area contributed by atoms with Crippen molar-refractivity contribution in [2.45, 2.75) is 26.0 Å². The number of hydrogen-bond donors (Lipinski definition) is 4. The van der Waals surface area contributed by atoms with Crippen LogP contribution in [0.5, 0.6) is 0 Å². The Bertz CT molecular complexity index is 536. The van der Waals surface area contributed by atoms with Crippen molar-refractivity contribution in [3.63, 3.8) is 0 Å². The molecule has 6 nitrogen and oxygen atoms in total. The zero-order valence-corrected chi connectivity index (χ0v) is 13.1. The Kier molecular flexibility index (Phi) is 5.79. The van der Waals surface area contributed by atoms with Gasteiger partial charge in [0.05, 0.1) is 11.8 Å². The molecule has 0 radical (unpaired) electrons. The molecule has 1 rings (SSSR count). The molecule has 0 bridgehead atoms. The van der Waals surface area contributed by atoms with Crippen LogP contribution in [0.3, 0.4) is 0 Å². The smallest absolute Gasteiger partial charge is 0.328 e. The van der Waals surface area contributed by atoms with Crippen LogP contribution in [0.1, 0.15) is 12.5 Å². The summed E-state index contributed by atoms with van der Waals surface area (Å²) < 4.78 is 0.610. The fourth-order valence-corrected chi connectivity index (χ4v) is 2.15. The number of carboxylic acids is 1. The normalized spacial score (nSPS) is 13.4. The monoisotopic (exact) mass is 364 g/mol. The molecule has 0 spiro atoms. The Hall–Kier alpha value is -1.31. The van der Waals surface area contributed by atoms with Gasteiger partial charge in [-0.2, -0.15) is 0 Å². The quantitative estimate of drug-likeness (QED) is 0.658. The maximum Gasteiger partial charge on any atom is 0.328 e. The lowest BCUT2D eigenvalue weighted by atomic mass is 10.2. The number of rotatable bonds is 4. The number of carbonyl (C=O) groups excluding carboxylic acids is 1. The number of aryl methyl sites for hydroxylation is 1. The second-order valence-corrected chi connectivity index (χ2v) is 5.50. The Balaban J connectivity index is 2.81. The molecule has 4 N–H and O–H groups in total. The highest BCUT2D eigenvalue weighted by molar-refractivity contribution is 9.10. The molecule has 110 valence electrons. The lowest BCUT2D eigenvalue weighted by molar-refractivity contribution is -0.141. The molecule has 0 heterocycles. The lowest BCUT2D eigenvalue weighted by Gasteiger charge is -2.18. The minimum Gasteiger partial charge on any atom is -0.480 e. The van der Waals surface area contributed by atoms with Crippen molar-refractivity contribution in [2.75, 3.05) is 5.32 Å². The number of amides is 2. The van der Waals surface area contributed by atoms with E-state index in [2.05, 4.69) is 26.6 Å². The maximum atomic E-state index is 11.7. The molecule has 0 saturated heterocycles. The van der Waals surface area contributed by atoms with Gasteiger partial charge in [0.2, 0.25) is 0 Å². The van der Waals surface area contributed by atoms with Crippen molar-refractivity contribution >= 4 is 45.2 Å². The predicted molar refractivity (Wildman–Crippen MR) is 79.1 cm³/mol. The molecule has 8 heteroatoms. The van der Waals surface area contributed by atoms with Crippen molar-refractivity contribution in [3.8, 4) is 0 Å². The van der Waals surface area contributed by atoms with E-state index >= 15 is 0 Å². The van der Waals surface area contributed by atoms with Gasteiger partial charge in [0.15, 0.2) is 6.04 Å². The summed E-state index contributed by atoms with van der Waals surface area (Å²) in [5.74, 6) is -1.32. The third kappa shape index (κ3) is 4.36. The van der Waals surface area contributed by atoms with Gasteiger partial charge >= 0.3 is 12.0 Å². The Morgan fingerprint density at radius 1 is 1.40 bits per heavy atom. The zero-order chi connectivity index (χ0) is 15.4. The second-order valence-electron chi connectivity index (χ2n) is 4.24. The number of aliphatic carboxylic acids is 1. The molecule has 20 heavy (non-hydrogen) atoms. The SMILES string of the molecule is Cc1cc(Br)c(NC(=O)N[C@H](C(=O)O)[C@@H](C)O)cc1Cl. The van der Waals surface area contributed by atoms with Crippen LogP contribution in [0.25, 0.3) is 0 Å². The van der Waals surface area contributed by atoms with E-state index in [0.29, 0.717) is 15.2 Å². The third-order valence-corrected chi connectivity index (χ3v) is 3.59. The Morgan fingerprint density at radius 3 is 2.50 bits per heavy atom. The number of hydrogen-bond acceptors (Lipinski definition) is 3. The number of carbonyl (C=O) groups is 2. The minimum atomic E-state index is -1.39. The van der Waals surface area contributed by atoms with Gasteiger partial charge in [-0.1, -0.05) is 11.6 Å². The van der Waals surface area contributed by atoms with E-state index < -0.39 is 24.1 Å². The van der Waals surface area contributed by atoms with Gasteiger partial charge in [-0.25, -0.2) is 9.59 Å². The van der Waals surface area contributed by atoms with E-state index in [0.717, 1.165) is 5.56 Å². The molecular formula is C12H14BrClN2O4. The Labute approximate surface area is 129 Å². The van der Waals surface area contributed by atoms with Crippen molar-refractivity contribution in [1.82, 2.24) is 5.32 Å². The molecule has 0 aliphatic carbocycles. The number of benzene rings is 1. The van der Waals surface area contributed by atoms with E-state index in [4.69, 9.17) is 16.7 Å². The molecule has 0 unspecified atom stereocenters. The summed E-state index contributed by atoms with van der Waals surface area (Å²) in [6.07, 6.45) is -1.22. The van der Waals surface area contributed by atoms with Crippen molar-refractivity contribution in [2.24, 2.45) is 0 Å². The highest BCUT2D eigenvalue weighted by Gasteiger charge is 2.25. The first-order valence-electron chi connectivity index (χ1n) is 5.66. The van der Waals surface area contributed by atoms with E-state index in [-0.39, 0.29) is 0 Å². The van der Waals surface area contributed by atoms with Crippen molar-refractivity contribution in [1.29, 1.82) is 0 Å². The predicted octanol–water partition coefficient (Wildman–Crippen LogP) is 2.37. The van der Waals surface area contributed by atoms with E-state index in [1.165, 1.54) is 6.92 Å². The van der Waals surface area contributed by atoms with Crippen LogP contribution in [0.2, 0.25) is 5.02 Å². The molecule has 0 aliphatic rings. The van der Waals surface area contributed by atoms with Crippen molar-refractivity contribution < 1.29 is 19.8 Å². The summed E-state index contributed by atoms with van der Waals surface area (Å²) >= 11 is 9.22. The minimum absolute atomic E-state index is 0.396. The van der Waals surface area contributed by atoms with Gasteiger partial charge in [0.25, 0.3) is 0 Å². The molecular weight excluding hydrogens is 351 g/mol. The van der Waals surface area contributed by atoms with Gasteiger partial charge in [-0.05, 0) is 47.5 Å². The standard InChI is InChI=1S/C12H14BrClN2O4/c1-5-3-7(13)9(4-8(5)14)15-12(20)16-10(6(2)17)11(18)19/h3-4,6,10,17H,1-2H3,(H,18,19)(H2,15,16,20)/t6-,10+/m1/s1. The van der Waals surface area contributed by atoms with Gasteiger partial charge in [0.1, 0.15) is 0 Å². The number of aliphatic hydroxyl groups excluding tert-OH is 1. The first-order chi connectivity index (χ1) is 9.22. The molecule has 0 aliphatic heterocycles. The van der Waals surface area contributed by atoms with E-state index in [1.807, 2.05) is 6.92 Å². The average Bonchev–Trinajstić information content (AvgIpc) is 2.32. The molecule has 0 fully saturated rings. The maximum absolute atomic E-state index is 11.7. The van der Waals surface area contributed by atoms with Gasteiger partial charge in [-0.15, -0.1) is 0 Å². The zero-order valence-electron chi connectivity index (χ0n) is 10.8. The number of nitrogens with one attached hydrogen (secondary N) is 2. The highest BCUT2D eigenvalue weighted by atomic mass is 79.9. The molecule has 0 saturated carbocycles. The van der Waals surface area contributed by atoms with Crippen LogP contribution in [-0.4, -0.2) is 34.4 Å². The van der Waals surface area contributed by atoms with Crippen LogP contribution >= 0.6 is 27.5 Å². The molecule has 2 amide bonds. The summed E-state index contributed by atoms with van der Waals surface area (Å²) in [6.45, 7) is 3.09. The molecule has 1 aromatic carbocycles. The number of urea groups is 1. The first kappa shape index (κ1) is 16.7. The fraction of sp³-hybridized carbons (Fsp3) is 0.333. The summed E-state index contributed by atoms with van der Waals surface area (Å²) in [4.78, 5) is 22.6. The largest absolute Gasteiger partial charge is 0.480 e. The van der Waals surface area contributed by atoms with Gasteiger partial charge < -0.3 is 20.8 Å². The topological polar surface area (TPSA) is 98.7 Å². The molecule has 1 aromatic rings. The fourth-order valence-electron chi connectivity index (χ4n) is 1.43. The number of anilines is 1. The van der Waals surface area contributed by atoms with Gasteiger partial charge in [0, 0.05) is 9.50 Å². The number of aliphatic hydroxyl groups is 1. The second kappa shape index (κ2) is 6.92. The summed E-state index contributed by atoms with van der Waals surface area (Å²) in [5.41, 5.74) is 1.23. The van der Waals surface area contributed by atoms with Crippen molar-refractivity contribution in [3.05, 3.63) is 27.2 Å². The average molecular weight is 366 g/mol. The molecule has 0 aromatic heterocycles. The third-order valence-electron chi connectivity index (χ3n) is 2.53. The summed E-state index contributed by atoms with van der Waals surface area (Å²) in [6, 6.07) is 1.12. The number of halogens is 2. The van der Waals surface area contributed by atoms with Crippen LogP contribution in [0.15, 0.2) is 16.6 Å². The van der Waals surface area contributed by atoms with E-state index in [1.54, 1.807) is 12.1 Å². The Morgan fingerprint density at radius 2 is 2.00 bits per heavy atom. The lowest BCUT2D eigenvalue weighted by Crippen LogP contribution is -2.49. The van der Waals surface area contributed by atoms with Crippen LogP contribution < -0.4 is 10.6 Å². The summed E-state index contributed by atoms with van der Waals surface area (Å²) in [5, 5.41) is 23.2. The van der Waals surface area contributed by atoms with E-state index in [9.17, 15) is 14.7 Å².